The molecule has 0 spiro atoms. The number of fused-ring (bicyclic) bond motifs is 1. The van der Waals surface area contributed by atoms with E-state index in [4.69, 9.17) is 13.9 Å². The van der Waals surface area contributed by atoms with Crippen molar-refractivity contribution in [1.82, 2.24) is 0 Å². The molecule has 0 aliphatic carbocycles. The molecular formula is C19H16O5. The largest absolute Gasteiger partial charge is 0.479 e. The van der Waals surface area contributed by atoms with Crippen LogP contribution >= 0.6 is 0 Å². The van der Waals surface area contributed by atoms with Gasteiger partial charge < -0.3 is 13.9 Å². The minimum absolute atomic E-state index is 0.293. The van der Waals surface area contributed by atoms with Gasteiger partial charge in [0.2, 0.25) is 0 Å². The SMILES string of the molecule is Cc1cccc(O[C@H](C)C(=O)Oc2ccc3ccc(=O)oc3c2)c1. The second-order valence-corrected chi connectivity index (χ2v) is 5.45. The fourth-order valence-electron chi connectivity index (χ4n) is 2.24. The Morgan fingerprint density at radius 3 is 2.62 bits per heavy atom. The van der Waals surface area contributed by atoms with E-state index in [2.05, 4.69) is 0 Å². The summed E-state index contributed by atoms with van der Waals surface area (Å²) in [5.74, 6) is 0.361. The van der Waals surface area contributed by atoms with Crippen molar-refractivity contribution in [1.29, 1.82) is 0 Å². The molecule has 0 aliphatic heterocycles. The molecule has 3 aromatic rings. The molecule has 122 valence electrons. The first-order valence-electron chi connectivity index (χ1n) is 7.50. The molecule has 0 amide bonds. The van der Waals surface area contributed by atoms with Crippen molar-refractivity contribution in [2.24, 2.45) is 0 Å². The third-order valence-electron chi connectivity index (χ3n) is 3.45. The molecule has 1 heterocycles. The van der Waals surface area contributed by atoms with Crippen LogP contribution in [0.15, 0.2) is 63.8 Å². The maximum absolute atomic E-state index is 12.2. The fourth-order valence-corrected chi connectivity index (χ4v) is 2.24. The molecule has 5 nitrogen and oxygen atoms in total. The Morgan fingerprint density at radius 2 is 1.83 bits per heavy atom. The smallest absolute Gasteiger partial charge is 0.352 e. The topological polar surface area (TPSA) is 65.7 Å². The minimum atomic E-state index is -0.773. The highest BCUT2D eigenvalue weighted by Crippen LogP contribution is 2.21. The zero-order valence-corrected chi connectivity index (χ0v) is 13.3. The van der Waals surface area contributed by atoms with E-state index in [1.54, 1.807) is 31.2 Å². The van der Waals surface area contributed by atoms with Gasteiger partial charge in [0, 0.05) is 17.5 Å². The van der Waals surface area contributed by atoms with Gasteiger partial charge >= 0.3 is 11.6 Å². The number of carbonyl (C=O) groups excluding carboxylic acids is 1. The van der Waals surface area contributed by atoms with E-state index in [1.807, 2.05) is 25.1 Å². The summed E-state index contributed by atoms with van der Waals surface area (Å²) in [5, 5.41) is 0.749. The summed E-state index contributed by atoms with van der Waals surface area (Å²) in [6, 6.07) is 15.3. The first-order chi connectivity index (χ1) is 11.5. The molecule has 0 saturated heterocycles. The monoisotopic (exact) mass is 324 g/mol. The van der Waals surface area contributed by atoms with E-state index >= 15 is 0 Å². The van der Waals surface area contributed by atoms with Crippen LogP contribution in [-0.2, 0) is 4.79 Å². The van der Waals surface area contributed by atoms with E-state index in [9.17, 15) is 9.59 Å². The van der Waals surface area contributed by atoms with Crippen LogP contribution in [0.5, 0.6) is 11.5 Å². The highest BCUT2D eigenvalue weighted by molar-refractivity contribution is 5.81. The van der Waals surface area contributed by atoms with E-state index in [1.165, 1.54) is 12.1 Å². The molecule has 0 unspecified atom stereocenters. The van der Waals surface area contributed by atoms with Gasteiger partial charge in [-0.1, -0.05) is 12.1 Å². The molecule has 3 rings (SSSR count). The number of aryl methyl sites for hydroxylation is 1. The van der Waals surface area contributed by atoms with E-state index in [0.29, 0.717) is 17.1 Å². The van der Waals surface area contributed by atoms with Crippen LogP contribution < -0.4 is 15.1 Å². The van der Waals surface area contributed by atoms with Gasteiger partial charge in [-0.15, -0.1) is 0 Å². The Bertz CT molecular complexity index is 942. The lowest BCUT2D eigenvalue weighted by molar-refractivity contribution is -0.141. The normalized spacial score (nSPS) is 11.9. The number of rotatable bonds is 4. The molecule has 1 atom stereocenters. The Labute approximate surface area is 138 Å². The van der Waals surface area contributed by atoms with Crippen molar-refractivity contribution < 1.29 is 18.7 Å². The van der Waals surface area contributed by atoms with Crippen LogP contribution in [-0.4, -0.2) is 12.1 Å². The van der Waals surface area contributed by atoms with Gasteiger partial charge in [-0.2, -0.15) is 0 Å². The van der Waals surface area contributed by atoms with Gasteiger partial charge in [0.15, 0.2) is 6.10 Å². The summed E-state index contributed by atoms with van der Waals surface area (Å²) >= 11 is 0. The lowest BCUT2D eigenvalue weighted by atomic mass is 10.2. The summed E-state index contributed by atoms with van der Waals surface area (Å²) in [7, 11) is 0. The molecule has 0 aliphatic rings. The van der Waals surface area contributed by atoms with Gasteiger partial charge in [0.1, 0.15) is 17.1 Å². The van der Waals surface area contributed by atoms with Crippen molar-refractivity contribution in [2.75, 3.05) is 0 Å². The summed E-state index contributed by atoms with van der Waals surface area (Å²) in [6.07, 6.45) is -0.773. The Kier molecular flexibility index (Phi) is 4.33. The summed E-state index contributed by atoms with van der Waals surface area (Å²) in [5.41, 5.74) is 0.944. The summed E-state index contributed by atoms with van der Waals surface area (Å²) < 4.78 is 16.0. The number of carbonyl (C=O) groups is 1. The number of hydrogen-bond acceptors (Lipinski definition) is 5. The molecule has 0 saturated carbocycles. The van der Waals surface area contributed by atoms with Crippen molar-refractivity contribution in [2.45, 2.75) is 20.0 Å². The minimum Gasteiger partial charge on any atom is -0.479 e. The zero-order chi connectivity index (χ0) is 17.1. The highest BCUT2D eigenvalue weighted by atomic mass is 16.6. The average molecular weight is 324 g/mol. The standard InChI is InChI=1S/C19H16O5/c1-12-4-3-5-15(10-12)22-13(2)19(21)23-16-8-6-14-7-9-18(20)24-17(14)11-16/h3-11,13H,1-2H3/t13-/m1/s1. The predicted molar refractivity (Wildman–Crippen MR) is 89.4 cm³/mol. The Hall–Kier alpha value is -3.08. The quantitative estimate of drug-likeness (QED) is 0.418. The molecule has 0 radical (unpaired) electrons. The maximum Gasteiger partial charge on any atom is 0.352 e. The van der Waals surface area contributed by atoms with E-state index in [0.717, 1.165) is 10.9 Å². The molecular weight excluding hydrogens is 308 g/mol. The average Bonchev–Trinajstić information content (AvgIpc) is 2.54. The number of benzene rings is 2. The highest BCUT2D eigenvalue weighted by Gasteiger charge is 2.17. The van der Waals surface area contributed by atoms with Crippen molar-refractivity contribution in [3.8, 4) is 11.5 Å². The second-order valence-electron chi connectivity index (χ2n) is 5.45. The molecule has 5 heteroatoms. The lowest BCUT2D eigenvalue weighted by Gasteiger charge is -2.14. The van der Waals surface area contributed by atoms with Crippen molar-refractivity contribution in [3.05, 3.63) is 70.6 Å². The first kappa shape index (κ1) is 15.8. The maximum atomic E-state index is 12.2. The third kappa shape index (κ3) is 3.63. The third-order valence-corrected chi connectivity index (χ3v) is 3.45. The molecule has 0 N–H and O–H groups in total. The molecule has 24 heavy (non-hydrogen) atoms. The van der Waals surface area contributed by atoms with Gasteiger partial charge in [0.25, 0.3) is 0 Å². The summed E-state index contributed by atoms with van der Waals surface area (Å²) in [4.78, 5) is 23.4. The van der Waals surface area contributed by atoms with Crippen LogP contribution in [0.2, 0.25) is 0 Å². The van der Waals surface area contributed by atoms with Gasteiger partial charge in [-0.25, -0.2) is 9.59 Å². The van der Waals surface area contributed by atoms with Gasteiger partial charge in [-0.05, 0) is 49.7 Å². The number of esters is 1. The summed E-state index contributed by atoms with van der Waals surface area (Å²) in [6.45, 7) is 3.56. The second kappa shape index (κ2) is 6.58. The Morgan fingerprint density at radius 1 is 1.04 bits per heavy atom. The molecule has 0 bridgehead atoms. The Balaban J connectivity index is 1.72. The fraction of sp³-hybridized carbons (Fsp3) is 0.158. The van der Waals surface area contributed by atoms with E-state index < -0.39 is 17.7 Å². The van der Waals surface area contributed by atoms with Gasteiger partial charge in [0.05, 0.1) is 0 Å². The zero-order valence-electron chi connectivity index (χ0n) is 13.3. The van der Waals surface area contributed by atoms with Gasteiger partial charge in [-0.3, -0.25) is 0 Å². The predicted octanol–water partition coefficient (Wildman–Crippen LogP) is 3.47. The van der Waals surface area contributed by atoms with Crippen LogP contribution in [0.3, 0.4) is 0 Å². The van der Waals surface area contributed by atoms with Crippen LogP contribution in [0.25, 0.3) is 11.0 Å². The first-order valence-corrected chi connectivity index (χ1v) is 7.50. The molecule has 2 aromatic carbocycles. The molecule has 1 aromatic heterocycles. The van der Waals surface area contributed by atoms with Crippen molar-refractivity contribution in [3.63, 3.8) is 0 Å². The van der Waals surface area contributed by atoms with E-state index in [-0.39, 0.29) is 0 Å². The lowest BCUT2D eigenvalue weighted by Crippen LogP contribution is -2.28. The number of ether oxygens (including phenoxy) is 2. The van der Waals surface area contributed by atoms with Crippen molar-refractivity contribution >= 4 is 16.9 Å². The molecule has 0 fully saturated rings. The van der Waals surface area contributed by atoms with Crippen LogP contribution in [0, 0.1) is 6.92 Å². The van der Waals surface area contributed by atoms with Crippen LogP contribution in [0.4, 0.5) is 0 Å². The van der Waals surface area contributed by atoms with Crippen LogP contribution in [0.1, 0.15) is 12.5 Å². The number of hydrogen-bond donors (Lipinski definition) is 0.